The van der Waals surface area contributed by atoms with Crippen LogP contribution in [0.15, 0.2) is 30.3 Å². The Hall–Kier alpha value is -0.860. The van der Waals surface area contributed by atoms with Crippen molar-refractivity contribution in [1.82, 2.24) is 5.32 Å². The van der Waals surface area contributed by atoms with E-state index in [0.29, 0.717) is 11.5 Å². The Kier molecular flexibility index (Phi) is 8.28. The maximum atomic E-state index is 6.17. The Labute approximate surface area is 149 Å². The van der Waals surface area contributed by atoms with Crippen molar-refractivity contribution in [1.29, 1.82) is 0 Å². The second-order valence-corrected chi connectivity index (χ2v) is 8.10. The highest BCUT2D eigenvalue weighted by Crippen LogP contribution is 2.40. The van der Waals surface area contributed by atoms with E-state index in [9.17, 15) is 0 Å². The zero-order valence-electron chi connectivity index (χ0n) is 16.0. The molecule has 24 heavy (non-hydrogen) atoms. The minimum absolute atomic E-state index is 0.335. The van der Waals surface area contributed by atoms with E-state index in [-0.39, 0.29) is 0 Å². The fraction of sp³-hybridized carbons (Fsp3) is 0.727. The third-order valence-corrected chi connectivity index (χ3v) is 5.54. The molecule has 0 heterocycles. The van der Waals surface area contributed by atoms with Gasteiger partial charge in [-0.1, -0.05) is 70.4 Å². The van der Waals surface area contributed by atoms with Crippen molar-refractivity contribution in [3.63, 3.8) is 0 Å². The Balaban J connectivity index is 1.85. The summed E-state index contributed by atoms with van der Waals surface area (Å²) >= 11 is 0. The number of hydrogen-bond acceptors (Lipinski definition) is 2. The maximum Gasteiger partial charge on any atom is 0.0717 e. The lowest BCUT2D eigenvalue weighted by atomic mass is 9.69. The highest BCUT2D eigenvalue weighted by Gasteiger charge is 2.35. The van der Waals surface area contributed by atoms with Crippen LogP contribution in [-0.2, 0) is 11.3 Å². The smallest absolute Gasteiger partial charge is 0.0717 e. The highest BCUT2D eigenvalue weighted by atomic mass is 16.5. The van der Waals surface area contributed by atoms with Gasteiger partial charge in [-0.3, -0.25) is 0 Å². The van der Waals surface area contributed by atoms with Crippen LogP contribution in [0.5, 0.6) is 0 Å². The van der Waals surface area contributed by atoms with Crippen LogP contribution in [0, 0.1) is 11.3 Å². The first-order chi connectivity index (χ1) is 11.6. The van der Waals surface area contributed by atoms with Gasteiger partial charge in [-0.25, -0.2) is 0 Å². The molecule has 1 N–H and O–H groups in total. The van der Waals surface area contributed by atoms with Gasteiger partial charge < -0.3 is 10.1 Å². The lowest BCUT2D eigenvalue weighted by molar-refractivity contribution is 0.000816. The van der Waals surface area contributed by atoms with Crippen molar-refractivity contribution < 1.29 is 4.74 Å². The van der Waals surface area contributed by atoms with Crippen LogP contribution >= 0.6 is 0 Å². The molecule has 1 aliphatic rings. The number of rotatable bonds is 10. The van der Waals surface area contributed by atoms with Crippen LogP contribution in [0.4, 0.5) is 0 Å². The molecule has 1 aliphatic carbocycles. The molecule has 0 aliphatic heterocycles. The van der Waals surface area contributed by atoms with E-state index in [0.717, 1.165) is 25.7 Å². The topological polar surface area (TPSA) is 21.3 Å². The van der Waals surface area contributed by atoms with Crippen LogP contribution in [0.3, 0.4) is 0 Å². The fourth-order valence-corrected chi connectivity index (χ4v) is 3.82. The SMILES string of the molecule is CCCCC1CCC(CNC(C)C)(COCc2ccccc2)CC1. The molecule has 0 saturated heterocycles. The van der Waals surface area contributed by atoms with Gasteiger partial charge in [-0.05, 0) is 37.2 Å². The van der Waals surface area contributed by atoms with Crippen molar-refractivity contribution in [2.75, 3.05) is 13.2 Å². The van der Waals surface area contributed by atoms with Crippen molar-refractivity contribution in [2.45, 2.75) is 78.4 Å². The number of benzene rings is 1. The third-order valence-electron chi connectivity index (χ3n) is 5.54. The van der Waals surface area contributed by atoms with E-state index >= 15 is 0 Å². The quantitative estimate of drug-likeness (QED) is 0.605. The molecule has 0 bridgehead atoms. The average molecular weight is 332 g/mol. The zero-order chi connectivity index (χ0) is 17.3. The lowest BCUT2D eigenvalue weighted by Gasteiger charge is -2.41. The summed E-state index contributed by atoms with van der Waals surface area (Å²) in [5.74, 6) is 0.950. The van der Waals surface area contributed by atoms with Gasteiger partial charge in [-0.2, -0.15) is 0 Å². The zero-order valence-corrected chi connectivity index (χ0v) is 16.0. The Morgan fingerprint density at radius 2 is 1.88 bits per heavy atom. The lowest BCUT2D eigenvalue weighted by Crippen LogP contribution is -2.43. The van der Waals surface area contributed by atoms with E-state index < -0.39 is 0 Å². The minimum atomic E-state index is 0.335. The van der Waals surface area contributed by atoms with Gasteiger partial charge in [0.25, 0.3) is 0 Å². The van der Waals surface area contributed by atoms with E-state index in [4.69, 9.17) is 4.74 Å². The van der Waals surface area contributed by atoms with Crippen LogP contribution in [-0.4, -0.2) is 19.2 Å². The van der Waals surface area contributed by atoms with Gasteiger partial charge in [0.15, 0.2) is 0 Å². The van der Waals surface area contributed by atoms with Crippen molar-refractivity contribution >= 4 is 0 Å². The van der Waals surface area contributed by atoms with Crippen molar-refractivity contribution in [3.8, 4) is 0 Å². The molecule has 2 heteroatoms. The van der Waals surface area contributed by atoms with Crippen LogP contribution < -0.4 is 5.32 Å². The Bertz CT molecular complexity index is 435. The largest absolute Gasteiger partial charge is 0.376 e. The maximum absolute atomic E-state index is 6.17. The van der Waals surface area contributed by atoms with Crippen LogP contribution in [0.2, 0.25) is 0 Å². The highest BCUT2D eigenvalue weighted by molar-refractivity contribution is 5.13. The second-order valence-electron chi connectivity index (χ2n) is 8.10. The number of ether oxygens (including phenoxy) is 1. The number of unbranched alkanes of at least 4 members (excludes halogenated alkanes) is 1. The Morgan fingerprint density at radius 3 is 2.50 bits per heavy atom. The summed E-state index contributed by atoms with van der Waals surface area (Å²) < 4.78 is 6.17. The fourth-order valence-electron chi connectivity index (χ4n) is 3.82. The average Bonchev–Trinajstić information content (AvgIpc) is 2.60. The summed E-state index contributed by atoms with van der Waals surface area (Å²) in [6.07, 6.45) is 9.55. The van der Waals surface area contributed by atoms with Crippen LogP contribution in [0.1, 0.15) is 71.3 Å². The van der Waals surface area contributed by atoms with Crippen molar-refractivity contribution in [3.05, 3.63) is 35.9 Å². The second kappa shape index (κ2) is 10.2. The number of hydrogen-bond donors (Lipinski definition) is 1. The molecule has 0 radical (unpaired) electrons. The first-order valence-electron chi connectivity index (χ1n) is 9.98. The standard InChI is InChI=1S/C22H37NO/c1-4-5-9-20-12-14-22(15-13-20,17-23-19(2)3)18-24-16-21-10-7-6-8-11-21/h6-8,10-11,19-20,23H,4-5,9,12-18H2,1-3H3. The molecule has 0 unspecified atom stereocenters. The molecule has 2 rings (SSSR count). The first kappa shape index (κ1) is 19.5. The molecule has 0 aromatic heterocycles. The molecular formula is C22H37NO. The molecule has 0 atom stereocenters. The molecule has 1 aromatic carbocycles. The monoisotopic (exact) mass is 331 g/mol. The predicted octanol–water partition coefficient (Wildman–Crippen LogP) is 5.57. The van der Waals surface area contributed by atoms with Gasteiger partial charge in [0.1, 0.15) is 0 Å². The molecule has 0 amide bonds. The summed E-state index contributed by atoms with van der Waals surface area (Å²) in [5, 5.41) is 3.68. The van der Waals surface area contributed by atoms with E-state index in [1.807, 2.05) is 0 Å². The molecule has 1 aromatic rings. The summed E-state index contributed by atoms with van der Waals surface area (Å²) in [6, 6.07) is 11.1. The van der Waals surface area contributed by atoms with Crippen molar-refractivity contribution in [2.24, 2.45) is 11.3 Å². The van der Waals surface area contributed by atoms with Gasteiger partial charge >= 0.3 is 0 Å². The molecule has 136 valence electrons. The normalized spacial score (nSPS) is 24.4. The number of nitrogens with one attached hydrogen (secondary N) is 1. The summed E-state index contributed by atoms with van der Waals surface area (Å²) in [7, 11) is 0. The molecule has 2 nitrogen and oxygen atoms in total. The summed E-state index contributed by atoms with van der Waals surface area (Å²) in [6.45, 7) is 9.51. The molecule has 1 fully saturated rings. The molecular weight excluding hydrogens is 294 g/mol. The first-order valence-corrected chi connectivity index (χ1v) is 9.98. The van der Waals surface area contributed by atoms with E-state index in [1.54, 1.807) is 0 Å². The van der Waals surface area contributed by atoms with E-state index in [2.05, 4.69) is 56.4 Å². The van der Waals surface area contributed by atoms with Gasteiger partial charge in [0.05, 0.1) is 13.2 Å². The van der Waals surface area contributed by atoms with E-state index in [1.165, 1.54) is 50.5 Å². The van der Waals surface area contributed by atoms with Crippen LogP contribution in [0.25, 0.3) is 0 Å². The van der Waals surface area contributed by atoms with Gasteiger partial charge in [0.2, 0.25) is 0 Å². The van der Waals surface area contributed by atoms with Gasteiger partial charge in [0, 0.05) is 18.0 Å². The molecule has 1 saturated carbocycles. The summed E-state index contributed by atoms with van der Waals surface area (Å²) in [4.78, 5) is 0. The Morgan fingerprint density at radius 1 is 1.17 bits per heavy atom. The van der Waals surface area contributed by atoms with Gasteiger partial charge in [-0.15, -0.1) is 0 Å². The minimum Gasteiger partial charge on any atom is -0.376 e. The third kappa shape index (κ3) is 6.57. The predicted molar refractivity (Wildman–Crippen MR) is 103 cm³/mol. The molecule has 0 spiro atoms. The summed E-state index contributed by atoms with van der Waals surface area (Å²) in [5.41, 5.74) is 1.61.